The molecule has 0 aliphatic heterocycles. The molecule has 0 unspecified atom stereocenters. The van der Waals surface area contributed by atoms with Crippen molar-refractivity contribution in [3.05, 3.63) is 35.4 Å². The lowest BCUT2D eigenvalue weighted by molar-refractivity contribution is -0.130. The summed E-state index contributed by atoms with van der Waals surface area (Å²) in [4.78, 5) is 14.7. The fourth-order valence-electron chi connectivity index (χ4n) is 2.34. The second-order valence-corrected chi connectivity index (χ2v) is 5.79. The fraction of sp³-hybridized carbons (Fsp3) is 0.529. The molecule has 0 saturated heterocycles. The Morgan fingerprint density at radius 1 is 1.19 bits per heavy atom. The zero-order valence-electron chi connectivity index (χ0n) is 13.3. The van der Waals surface area contributed by atoms with Crippen LogP contribution in [-0.2, 0) is 11.2 Å². The molecule has 0 fully saturated rings. The monoisotopic (exact) mass is 306 g/mol. The summed E-state index contributed by atoms with van der Waals surface area (Å²) < 4.78 is 0. The highest BCUT2D eigenvalue weighted by atomic mass is 32.1. The van der Waals surface area contributed by atoms with Gasteiger partial charge in [-0.1, -0.05) is 63.2 Å². The smallest absolute Gasteiger partial charge is 0.226 e. The Balaban J connectivity index is 2.67. The number of thiocarbonyl (C=S) groups is 1. The molecule has 1 amide bonds. The summed E-state index contributed by atoms with van der Waals surface area (Å²) in [6, 6.07) is 7.61. The van der Waals surface area contributed by atoms with Crippen LogP contribution in [0.15, 0.2) is 24.3 Å². The van der Waals surface area contributed by atoms with Crippen LogP contribution in [0.25, 0.3) is 0 Å². The van der Waals surface area contributed by atoms with Crippen LogP contribution in [0.2, 0.25) is 0 Å². The van der Waals surface area contributed by atoms with E-state index in [2.05, 4.69) is 13.8 Å². The average Bonchev–Trinajstić information content (AvgIpc) is 2.49. The average molecular weight is 306 g/mol. The molecular formula is C17H26N2OS. The quantitative estimate of drug-likeness (QED) is 0.751. The number of nitrogens with two attached hydrogens (primary N) is 1. The van der Waals surface area contributed by atoms with E-state index in [4.69, 9.17) is 18.0 Å². The molecule has 21 heavy (non-hydrogen) atoms. The minimum Gasteiger partial charge on any atom is -0.389 e. The predicted molar refractivity (Wildman–Crippen MR) is 92.4 cm³/mol. The van der Waals surface area contributed by atoms with Gasteiger partial charge in [0.15, 0.2) is 0 Å². The molecule has 0 aliphatic rings. The maximum Gasteiger partial charge on any atom is 0.226 e. The van der Waals surface area contributed by atoms with Gasteiger partial charge in [0.05, 0.1) is 6.42 Å². The molecule has 1 aromatic rings. The summed E-state index contributed by atoms with van der Waals surface area (Å²) in [6.45, 7) is 8.02. The third-order valence-corrected chi connectivity index (χ3v) is 4.20. The molecule has 1 rings (SSSR count). The normalized spacial score (nSPS) is 10.7. The highest BCUT2D eigenvalue weighted by molar-refractivity contribution is 7.80. The first-order valence-electron chi connectivity index (χ1n) is 7.68. The maximum absolute atomic E-state index is 12.4. The van der Waals surface area contributed by atoms with E-state index in [0.717, 1.165) is 37.1 Å². The lowest BCUT2D eigenvalue weighted by atomic mass is 10.0. The number of rotatable bonds is 8. The highest BCUT2D eigenvalue weighted by Gasteiger charge is 2.16. The van der Waals surface area contributed by atoms with E-state index in [1.54, 1.807) is 0 Å². The number of benzene rings is 1. The van der Waals surface area contributed by atoms with Gasteiger partial charge in [-0.3, -0.25) is 4.79 Å². The molecule has 0 heterocycles. The summed E-state index contributed by atoms with van der Waals surface area (Å²) in [5, 5.41) is 0. The van der Waals surface area contributed by atoms with Crippen LogP contribution in [0, 0.1) is 5.92 Å². The molecule has 1 aromatic carbocycles. The van der Waals surface area contributed by atoms with Gasteiger partial charge in [-0.15, -0.1) is 0 Å². The molecule has 0 atom stereocenters. The predicted octanol–water partition coefficient (Wildman–Crippen LogP) is 3.15. The van der Waals surface area contributed by atoms with Crippen molar-refractivity contribution < 1.29 is 4.79 Å². The Hall–Kier alpha value is -1.42. The Morgan fingerprint density at radius 3 is 2.19 bits per heavy atom. The van der Waals surface area contributed by atoms with E-state index in [0.29, 0.717) is 17.3 Å². The first kappa shape index (κ1) is 17.6. The molecule has 0 saturated carbocycles. The molecule has 0 aromatic heterocycles. The van der Waals surface area contributed by atoms with Gasteiger partial charge in [-0.2, -0.15) is 0 Å². The summed E-state index contributed by atoms with van der Waals surface area (Å²) in [7, 11) is 0. The number of carbonyl (C=O) groups is 1. The molecule has 0 bridgehead atoms. The standard InChI is InChI=1S/C17H26N2OS/c1-4-13(5-2)12-19(6-3)16(20)11-14-7-9-15(10-8-14)17(18)21/h7-10,13H,4-6,11-12H2,1-3H3,(H2,18,21). The van der Waals surface area contributed by atoms with Gasteiger partial charge in [-0.05, 0) is 18.4 Å². The highest BCUT2D eigenvalue weighted by Crippen LogP contribution is 2.12. The zero-order chi connectivity index (χ0) is 15.8. The van der Waals surface area contributed by atoms with Crippen molar-refractivity contribution in [2.75, 3.05) is 13.1 Å². The third kappa shape index (κ3) is 5.46. The minimum absolute atomic E-state index is 0.187. The molecule has 0 aliphatic carbocycles. The van der Waals surface area contributed by atoms with Gasteiger partial charge in [0.25, 0.3) is 0 Å². The van der Waals surface area contributed by atoms with E-state index in [1.165, 1.54) is 0 Å². The second kappa shape index (κ2) is 8.78. The van der Waals surface area contributed by atoms with Crippen molar-refractivity contribution in [1.82, 2.24) is 4.90 Å². The van der Waals surface area contributed by atoms with Crippen LogP contribution >= 0.6 is 12.2 Å². The molecule has 116 valence electrons. The van der Waals surface area contributed by atoms with Crippen molar-refractivity contribution in [3.63, 3.8) is 0 Å². The van der Waals surface area contributed by atoms with Crippen molar-refractivity contribution in [2.45, 2.75) is 40.0 Å². The second-order valence-electron chi connectivity index (χ2n) is 5.35. The van der Waals surface area contributed by atoms with Crippen LogP contribution in [0.3, 0.4) is 0 Å². The van der Waals surface area contributed by atoms with Crippen molar-refractivity contribution in [2.24, 2.45) is 11.7 Å². The summed E-state index contributed by atoms with van der Waals surface area (Å²) in [5.41, 5.74) is 7.42. The Kier molecular flexibility index (Phi) is 7.37. The number of hydrogen-bond acceptors (Lipinski definition) is 2. The van der Waals surface area contributed by atoms with E-state index in [9.17, 15) is 4.79 Å². The lowest BCUT2D eigenvalue weighted by Gasteiger charge is -2.25. The maximum atomic E-state index is 12.4. The van der Waals surface area contributed by atoms with Gasteiger partial charge in [0, 0.05) is 18.7 Å². The number of amides is 1. The van der Waals surface area contributed by atoms with E-state index in [-0.39, 0.29) is 5.91 Å². The molecule has 2 N–H and O–H groups in total. The minimum atomic E-state index is 0.187. The van der Waals surface area contributed by atoms with Gasteiger partial charge >= 0.3 is 0 Å². The number of likely N-dealkylation sites (N-methyl/N-ethyl adjacent to an activating group) is 1. The van der Waals surface area contributed by atoms with Gasteiger partial charge in [0.2, 0.25) is 5.91 Å². The fourth-order valence-corrected chi connectivity index (χ4v) is 2.48. The first-order chi connectivity index (χ1) is 10.0. The third-order valence-electron chi connectivity index (χ3n) is 3.96. The lowest BCUT2D eigenvalue weighted by Crippen LogP contribution is -2.36. The van der Waals surface area contributed by atoms with E-state index in [1.807, 2.05) is 36.1 Å². The van der Waals surface area contributed by atoms with Crippen molar-refractivity contribution in [1.29, 1.82) is 0 Å². The topological polar surface area (TPSA) is 46.3 Å². The molecule has 4 heteroatoms. The summed E-state index contributed by atoms with van der Waals surface area (Å²) >= 11 is 4.93. The van der Waals surface area contributed by atoms with Gasteiger partial charge in [-0.25, -0.2) is 0 Å². The Morgan fingerprint density at radius 2 is 1.76 bits per heavy atom. The molecular weight excluding hydrogens is 280 g/mol. The van der Waals surface area contributed by atoms with Crippen LogP contribution < -0.4 is 5.73 Å². The SMILES string of the molecule is CCC(CC)CN(CC)C(=O)Cc1ccc(C(N)=S)cc1. The molecule has 0 radical (unpaired) electrons. The zero-order valence-corrected chi connectivity index (χ0v) is 14.1. The first-order valence-corrected chi connectivity index (χ1v) is 8.09. The van der Waals surface area contributed by atoms with E-state index < -0.39 is 0 Å². The summed E-state index contributed by atoms with van der Waals surface area (Å²) in [5.74, 6) is 0.776. The number of carbonyl (C=O) groups excluding carboxylic acids is 1. The number of nitrogens with zero attached hydrogens (tertiary/aromatic N) is 1. The van der Waals surface area contributed by atoms with Crippen molar-refractivity contribution >= 4 is 23.1 Å². The summed E-state index contributed by atoms with van der Waals surface area (Å²) in [6.07, 6.45) is 2.66. The van der Waals surface area contributed by atoms with Crippen LogP contribution in [0.1, 0.15) is 44.7 Å². The van der Waals surface area contributed by atoms with Crippen molar-refractivity contribution in [3.8, 4) is 0 Å². The van der Waals surface area contributed by atoms with Crippen LogP contribution in [0.4, 0.5) is 0 Å². The largest absolute Gasteiger partial charge is 0.389 e. The van der Waals surface area contributed by atoms with Gasteiger partial charge in [0.1, 0.15) is 4.99 Å². The van der Waals surface area contributed by atoms with Crippen LogP contribution in [-0.4, -0.2) is 28.9 Å². The van der Waals surface area contributed by atoms with Crippen LogP contribution in [0.5, 0.6) is 0 Å². The number of hydrogen-bond donors (Lipinski definition) is 1. The van der Waals surface area contributed by atoms with Gasteiger partial charge < -0.3 is 10.6 Å². The molecule has 0 spiro atoms. The molecule has 3 nitrogen and oxygen atoms in total. The Bertz CT molecular complexity index is 466. The van der Waals surface area contributed by atoms with E-state index >= 15 is 0 Å². The Labute approximate surface area is 133 Å².